The molecule has 1 saturated carbocycles. The molecule has 5 rings (SSSR count). The first kappa shape index (κ1) is 15.5. The van der Waals surface area contributed by atoms with Gasteiger partial charge in [-0.3, -0.25) is 4.79 Å². The largest absolute Gasteiger partial charge is 0.307 e. The summed E-state index contributed by atoms with van der Waals surface area (Å²) in [6, 6.07) is 10.5. The van der Waals surface area contributed by atoms with Crippen LogP contribution in [-0.4, -0.2) is 27.4 Å². The van der Waals surface area contributed by atoms with Crippen molar-refractivity contribution in [2.75, 3.05) is 11.4 Å². The van der Waals surface area contributed by atoms with Gasteiger partial charge in [-0.1, -0.05) is 24.1 Å². The molecular weight excluding hydrogens is 331 g/mol. The fourth-order valence-corrected chi connectivity index (χ4v) is 4.69. The van der Waals surface area contributed by atoms with E-state index in [0.717, 1.165) is 48.0 Å². The van der Waals surface area contributed by atoms with Gasteiger partial charge >= 0.3 is 0 Å². The van der Waals surface area contributed by atoms with Gasteiger partial charge in [-0.15, -0.1) is 5.10 Å². The third kappa shape index (κ3) is 2.04. The van der Waals surface area contributed by atoms with Crippen LogP contribution in [0.4, 0.5) is 10.1 Å². The number of fused-ring (bicyclic) bond motifs is 3. The molecule has 2 heterocycles. The molecule has 1 fully saturated rings. The van der Waals surface area contributed by atoms with E-state index in [1.807, 2.05) is 18.2 Å². The molecular formula is C20H19FN4O. The Morgan fingerprint density at radius 1 is 1.19 bits per heavy atom. The zero-order valence-electron chi connectivity index (χ0n) is 14.6. The summed E-state index contributed by atoms with van der Waals surface area (Å²) in [5, 5.41) is 8.05. The average molecular weight is 350 g/mol. The summed E-state index contributed by atoms with van der Waals surface area (Å²) in [5.41, 5.74) is 3.37. The van der Waals surface area contributed by atoms with Crippen LogP contribution < -0.4 is 4.90 Å². The molecule has 1 aliphatic heterocycles. The van der Waals surface area contributed by atoms with E-state index in [2.05, 4.69) is 10.3 Å². The highest BCUT2D eigenvalue weighted by molar-refractivity contribution is 6.09. The minimum absolute atomic E-state index is 0.0938. The predicted octanol–water partition coefficient (Wildman–Crippen LogP) is 3.58. The molecule has 0 N–H and O–H groups in total. The van der Waals surface area contributed by atoms with Crippen LogP contribution >= 0.6 is 0 Å². The number of amides is 1. The zero-order valence-corrected chi connectivity index (χ0v) is 14.6. The third-order valence-corrected chi connectivity index (χ3v) is 5.94. The van der Waals surface area contributed by atoms with E-state index in [0.29, 0.717) is 12.1 Å². The summed E-state index contributed by atoms with van der Waals surface area (Å²) >= 11 is 0. The summed E-state index contributed by atoms with van der Waals surface area (Å²) in [7, 11) is 1.80. The Bertz CT molecular complexity index is 1040. The number of carbonyl (C=O) groups is 1. The molecule has 3 aromatic rings. The van der Waals surface area contributed by atoms with Crippen molar-refractivity contribution < 1.29 is 9.18 Å². The maximum Gasteiger partial charge on any atom is 0.258 e. The number of benzene rings is 2. The van der Waals surface area contributed by atoms with Crippen molar-refractivity contribution >= 4 is 22.6 Å². The normalized spacial score (nSPS) is 18.0. The van der Waals surface area contributed by atoms with Crippen molar-refractivity contribution in [3.63, 3.8) is 0 Å². The second-order valence-corrected chi connectivity index (χ2v) is 7.43. The van der Waals surface area contributed by atoms with Crippen molar-refractivity contribution in [1.82, 2.24) is 15.0 Å². The van der Waals surface area contributed by atoms with Crippen molar-refractivity contribution in [1.29, 1.82) is 0 Å². The summed E-state index contributed by atoms with van der Waals surface area (Å²) in [6.07, 6.45) is 4.05. The Balaban J connectivity index is 1.60. The summed E-state index contributed by atoms with van der Waals surface area (Å²) in [6.45, 7) is 0.559. The van der Waals surface area contributed by atoms with E-state index in [-0.39, 0.29) is 17.1 Å². The number of anilines is 1. The molecule has 0 atom stereocenters. The molecule has 1 aliphatic carbocycles. The molecule has 1 amide bonds. The molecule has 0 radical (unpaired) electrons. The Morgan fingerprint density at radius 3 is 2.81 bits per heavy atom. The van der Waals surface area contributed by atoms with E-state index in [1.54, 1.807) is 28.8 Å². The second kappa shape index (κ2) is 5.37. The van der Waals surface area contributed by atoms with Gasteiger partial charge in [-0.05, 0) is 43.2 Å². The molecule has 0 bridgehead atoms. The first-order valence-corrected chi connectivity index (χ1v) is 8.99. The van der Waals surface area contributed by atoms with Crippen LogP contribution in [0.3, 0.4) is 0 Å². The highest BCUT2D eigenvalue weighted by Crippen LogP contribution is 2.51. The molecule has 26 heavy (non-hydrogen) atoms. The average Bonchev–Trinajstić information content (AvgIpc) is 3.35. The van der Waals surface area contributed by atoms with Gasteiger partial charge in [0.1, 0.15) is 11.3 Å². The quantitative estimate of drug-likeness (QED) is 0.674. The lowest BCUT2D eigenvalue weighted by molar-refractivity contribution is 0.0985. The lowest BCUT2D eigenvalue weighted by Gasteiger charge is -2.25. The van der Waals surface area contributed by atoms with E-state index >= 15 is 0 Å². The van der Waals surface area contributed by atoms with Crippen molar-refractivity contribution in [3.05, 3.63) is 53.3 Å². The van der Waals surface area contributed by atoms with E-state index in [1.165, 1.54) is 6.07 Å². The van der Waals surface area contributed by atoms with Crippen LogP contribution in [0.5, 0.6) is 0 Å². The Labute approximate surface area is 150 Å². The summed E-state index contributed by atoms with van der Waals surface area (Å²) in [5.74, 6) is -0.283. The van der Waals surface area contributed by atoms with E-state index in [4.69, 9.17) is 0 Å². The maximum absolute atomic E-state index is 14.7. The molecule has 5 nitrogen and oxygen atoms in total. The van der Waals surface area contributed by atoms with E-state index < -0.39 is 0 Å². The Kier molecular flexibility index (Phi) is 3.20. The Hall–Kier alpha value is -2.76. The molecule has 6 heteroatoms. The first-order valence-electron chi connectivity index (χ1n) is 8.99. The Morgan fingerprint density at radius 2 is 2.00 bits per heavy atom. The van der Waals surface area contributed by atoms with Gasteiger partial charge in [0.2, 0.25) is 0 Å². The number of rotatable bonds is 1. The van der Waals surface area contributed by atoms with Crippen LogP contribution in [0.1, 0.15) is 41.6 Å². The van der Waals surface area contributed by atoms with Gasteiger partial charge in [0.25, 0.3) is 5.91 Å². The van der Waals surface area contributed by atoms with E-state index in [9.17, 15) is 9.18 Å². The van der Waals surface area contributed by atoms with Crippen LogP contribution in [0.25, 0.3) is 11.0 Å². The lowest BCUT2D eigenvalue weighted by Crippen LogP contribution is -2.35. The zero-order chi connectivity index (χ0) is 17.9. The molecule has 0 unspecified atom stereocenters. The molecule has 2 aliphatic rings. The van der Waals surface area contributed by atoms with Crippen molar-refractivity contribution in [2.45, 2.75) is 31.1 Å². The van der Waals surface area contributed by atoms with Crippen LogP contribution in [-0.2, 0) is 12.5 Å². The maximum atomic E-state index is 14.7. The highest BCUT2D eigenvalue weighted by Gasteiger charge is 2.48. The fraction of sp³-hybridized carbons (Fsp3) is 0.350. The molecule has 132 valence electrons. The third-order valence-electron chi connectivity index (χ3n) is 5.94. The standard InChI is InChI=1S/C20H19FN4O/c1-24-17-11-13(7-8-15(17)22-23-24)19(26)25-12-20(9-2-3-10-20)18-14(21)5-4-6-16(18)25/h4-8,11H,2-3,9-10,12H2,1H3. The van der Waals surface area contributed by atoms with Gasteiger partial charge in [0, 0.05) is 30.1 Å². The first-order chi connectivity index (χ1) is 12.6. The number of halogens is 1. The van der Waals surface area contributed by atoms with Gasteiger partial charge in [-0.25, -0.2) is 9.07 Å². The predicted molar refractivity (Wildman–Crippen MR) is 96.7 cm³/mol. The molecule has 1 aromatic heterocycles. The number of aromatic nitrogens is 3. The minimum atomic E-state index is -0.228. The number of carbonyl (C=O) groups excluding carboxylic acids is 1. The fourth-order valence-electron chi connectivity index (χ4n) is 4.69. The van der Waals surface area contributed by atoms with Gasteiger partial charge in [0.05, 0.1) is 11.2 Å². The number of hydrogen-bond acceptors (Lipinski definition) is 3. The molecule has 2 aromatic carbocycles. The van der Waals surface area contributed by atoms with Gasteiger partial charge in [-0.2, -0.15) is 0 Å². The monoisotopic (exact) mass is 350 g/mol. The summed E-state index contributed by atoms with van der Waals surface area (Å²) in [4.78, 5) is 15.0. The van der Waals surface area contributed by atoms with Gasteiger partial charge < -0.3 is 4.90 Å². The minimum Gasteiger partial charge on any atom is -0.307 e. The smallest absolute Gasteiger partial charge is 0.258 e. The summed E-state index contributed by atoms with van der Waals surface area (Å²) < 4.78 is 16.3. The van der Waals surface area contributed by atoms with Crippen LogP contribution in [0, 0.1) is 5.82 Å². The van der Waals surface area contributed by atoms with Crippen molar-refractivity contribution in [2.24, 2.45) is 7.05 Å². The molecule has 0 saturated heterocycles. The van der Waals surface area contributed by atoms with Gasteiger partial charge in [0.15, 0.2) is 0 Å². The second-order valence-electron chi connectivity index (χ2n) is 7.43. The molecule has 1 spiro atoms. The lowest BCUT2D eigenvalue weighted by atomic mass is 9.80. The van der Waals surface area contributed by atoms with Crippen LogP contribution in [0.2, 0.25) is 0 Å². The number of hydrogen-bond donors (Lipinski definition) is 0. The van der Waals surface area contributed by atoms with Crippen molar-refractivity contribution in [3.8, 4) is 0 Å². The van der Waals surface area contributed by atoms with Crippen LogP contribution in [0.15, 0.2) is 36.4 Å². The highest BCUT2D eigenvalue weighted by atomic mass is 19.1. The SMILES string of the molecule is Cn1nnc2ccc(C(=O)N3CC4(CCCC4)c4c(F)cccc43)cc21. The topological polar surface area (TPSA) is 51.0 Å². The number of nitrogens with zero attached hydrogens (tertiary/aromatic N) is 4. The number of aryl methyl sites for hydroxylation is 1.